The average molecular weight is 191 g/mol. The lowest BCUT2D eigenvalue weighted by atomic mass is 9.98. The SMILES string of the molecule is N=CC(CN)c1cccc(C(N)=O)c1. The summed E-state index contributed by atoms with van der Waals surface area (Å²) in [6.45, 7) is 0.353. The first-order valence-corrected chi connectivity index (χ1v) is 4.29. The van der Waals surface area contributed by atoms with Gasteiger partial charge in [-0.1, -0.05) is 12.1 Å². The highest BCUT2D eigenvalue weighted by atomic mass is 16.1. The van der Waals surface area contributed by atoms with Crippen LogP contribution in [0.2, 0.25) is 0 Å². The van der Waals surface area contributed by atoms with E-state index >= 15 is 0 Å². The molecule has 0 radical (unpaired) electrons. The van der Waals surface area contributed by atoms with Gasteiger partial charge in [-0.25, -0.2) is 0 Å². The van der Waals surface area contributed by atoms with Gasteiger partial charge in [0.2, 0.25) is 5.91 Å². The van der Waals surface area contributed by atoms with Gasteiger partial charge in [0, 0.05) is 24.2 Å². The molecule has 1 amide bonds. The van der Waals surface area contributed by atoms with Crippen molar-refractivity contribution in [3.63, 3.8) is 0 Å². The topological polar surface area (TPSA) is 93.0 Å². The van der Waals surface area contributed by atoms with Crippen molar-refractivity contribution in [2.75, 3.05) is 6.54 Å². The van der Waals surface area contributed by atoms with Gasteiger partial charge in [0.25, 0.3) is 0 Å². The Hall–Kier alpha value is -1.68. The zero-order valence-corrected chi connectivity index (χ0v) is 7.73. The van der Waals surface area contributed by atoms with Gasteiger partial charge in [-0.2, -0.15) is 0 Å². The van der Waals surface area contributed by atoms with E-state index in [1.165, 1.54) is 6.21 Å². The van der Waals surface area contributed by atoms with E-state index in [-0.39, 0.29) is 5.92 Å². The highest BCUT2D eigenvalue weighted by Gasteiger charge is 2.08. The van der Waals surface area contributed by atoms with Gasteiger partial charge in [-0.05, 0) is 17.7 Å². The number of nitrogens with one attached hydrogen (secondary N) is 1. The summed E-state index contributed by atoms with van der Waals surface area (Å²) in [4.78, 5) is 10.9. The van der Waals surface area contributed by atoms with E-state index in [1.54, 1.807) is 18.2 Å². The van der Waals surface area contributed by atoms with Crippen LogP contribution in [-0.2, 0) is 0 Å². The lowest BCUT2D eigenvalue weighted by Gasteiger charge is -2.09. The molecule has 0 aromatic heterocycles. The van der Waals surface area contributed by atoms with Crippen LogP contribution in [0.15, 0.2) is 24.3 Å². The minimum atomic E-state index is -0.465. The molecule has 74 valence electrons. The molecule has 14 heavy (non-hydrogen) atoms. The second-order valence-electron chi connectivity index (χ2n) is 3.00. The van der Waals surface area contributed by atoms with Crippen LogP contribution in [-0.4, -0.2) is 18.7 Å². The molecule has 0 saturated carbocycles. The molecular weight excluding hydrogens is 178 g/mol. The molecule has 4 nitrogen and oxygen atoms in total. The van der Waals surface area contributed by atoms with Gasteiger partial charge in [0.05, 0.1) is 0 Å². The molecule has 0 spiro atoms. The summed E-state index contributed by atoms with van der Waals surface area (Å²) in [5, 5.41) is 7.15. The quantitative estimate of drug-likeness (QED) is 0.604. The number of carbonyl (C=O) groups is 1. The fourth-order valence-electron chi connectivity index (χ4n) is 1.22. The van der Waals surface area contributed by atoms with E-state index in [4.69, 9.17) is 16.9 Å². The van der Waals surface area contributed by atoms with Gasteiger partial charge in [0.1, 0.15) is 0 Å². The maximum absolute atomic E-state index is 10.9. The smallest absolute Gasteiger partial charge is 0.248 e. The number of hydrogen-bond acceptors (Lipinski definition) is 3. The van der Waals surface area contributed by atoms with E-state index in [9.17, 15) is 4.79 Å². The monoisotopic (exact) mass is 191 g/mol. The third-order valence-electron chi connectivity index (χ3n) is 2.05. The minimum Gasteiger partial charge on any atom is -0.366 e. The predicted molar refractivity (Wildman–Crippen MR) is 55.5 cm³/mol. The second kappa shape index (κ2) is 4.53. The van der Waals surface area contributed by atoms with Crippen LogP contribution in [0.1, 0.15) is 21.8 Å². The highest BCUT2D eigenvalue weighted by Crippen LogP contribution is 2.13. The van der Waals surface area contributed by atoms with Gasteiger partial charge < -0.3 is 16.9 Å². The van der Waals surface area contributed by atoms with Crippen LogP contribution in [0.25, 0.3) is 0 Å². The van der Waals surface area contributed by atoms with Crippen molar-refractivity contribution in [1.82, 2.24) is 0 Å². The van der Waals surface area contributed by atoms with Crippen molar-refractivity contribution in [2.45, 2.75) is 5.92 Å². The molecular formula is C10H13N3O. The number of nitrogens with two attached hydrogens (primary N) is 2. The summed E-state index contributed by atoms with van der Waals surface area (Å²) in [7, 11) is 0. The number of hydrogen-bond donors (Lipinski definition) is 3. The summed E-state index contributed by atoms with van der Waals surface area (Å²) in [5.74, 6) is -0.609. The maximum atomic E-state index is 10.9. The standard InChI is InChI=1S/C10H13N3O/c11-5-9(6-12)7-2-1-3-8(4-7)10(13)14/h1-5,9,11H,6,12H2,(H2,13,14). The lowest BCUT2D eigenvalue weighted by molar-refractivity contribution is 0.1000. The summed E-state index contributed by atoms with van der Waals surface area (Å²) in [6, 6.07) is 6.88. The predicted octanol–water partition coefficient (Wildman–Crippen LogP) is 0.477. The number of primary amides is 1. The van der Waals surface area contributed by atoms with Crippen molar-refractivity contribution in [1.29, 1.82) is 5.41 Å². The third-order valence-corrected chi connectivity index (χ3v) is 2.05. The Kier molecular flexibility index (Phi) is 3.36. The molecule has 0 heterocycles. The molecule has 0 aliphatic rings. The molecule has 5 N–H and O–H groups in total. The van der Waals surface area contributed by atoms with Gasteiger partial charge in [-0.15, -0.1) is 0 Å². The molecule has 1 rings (SSSR count). The Morgan fingerprint density at radius 2 is 2.29 bits per heavy atom. The summed E-state index contributed by atoms with van der Waals surface area (Å²) < 4.78 is 0. The van der Waals surface area contributed by atoms with E-state index in [2.05, 4.69) is 0 Å². The fraction of sp³-hybridized carbons (Fsp3) is 0.200. The van der Waals surface area contributed by atoms with E-state index < -0.39 is 5.91 Å². The number of carbonyl (C=O) groups excluding carboxylic acids is 1. The first kappa shape index (κ1) is 10.4. The van der Waals surface area contributed by atoms with Gasteiger partial charge >= 0.3 is 0 Å². The van der Waals surface area contributed by atoms with Crippen molar-refractivity contribution in [3.05, 3.63) is 35.4 Å². The van der Waals surface area contributed by atoms with Crippen LogP contribution in [0.4, 0.5) is 0 Å². The van der Waals surface area contributed by atoms with Crippen LogP contribution >= 0.6 is 0 Å². The number of benzene rings is 1. The molecule has 4 heteroatoms. The van der Waals surface area contributed by atoms with Crippen LogP contribution in [0.3, 0.4) is 0 Å². The molecule has 1 unspecified atom stereocenters. The average Bonchev–Trinajstić information content (AvgIpc) is 2.20. The maximum Gasteiger partial charge on any atom is 0.248 e. The van der Waals surface area contributed by atoms with Gasteiger partial charge in [0.15, 0.2) is 0 Å². The molecule has 0 aliphatic carbocycles. The minimum absolute atomic E-state index is 0.144. The molecule has 1 atom stereocenters. The fourth-order valence-corrected chi connectivity index (χ4v) is 1.22. The molecule has 0 aliphatic heterocycles. The largest absolute Gasteiger partial charge is 0.366 e. The first-order chi connectivity index (χ1) is 6.69. The Labute approximate surface area is 82.4 Å². The molecule has 0 saturated heterocycles. The molecule has 0 fully saturated rings. The second-order valence-corrected chi connectivity index (χ2v) is 3.00. The number of rotatable bonds is 4. The zero-order chi connectivity index (χ0) is 10.6. The van der Waals surface area contributed by atoms with E-state index in [1.807, 2.05) is 6.07 Å². The van der Waals surface area contributed by atoms with Crippen molar-refractivity contribution < 1.29 is 4.79 Å². The Bertz CT molecular complexity index is 349. The van der Waals surface area contributed by atoms with Crippen molar-refractivity contribution in [2.24, 2.45) is 11.5 Å². The number of amides is 1. The van der Waals surface area contributed by atoms with Crippen LogP contribution in [0.5, 0.6) is 0 Å². The zero-order valence-electron chi connectivity index (χ0n) is 7.73. The Balaban J connectivity index is 3.03. The molecule has 1 aromatic rings. The molecule has 1 aromatic carbocycles. The van der Waals surface area contributed by atoms with E-state index in [0.29, 0.717) is 12.1 Å². The van der Waals surface area contributed by atoms with Crippen LogP contribution < -0.4 is 11.5 Å². The third kappa shape index (κ3) is 2.17. The van der Waals surface area contributed by atoms with E-state index in [0.717, 1.165) is 5.56 Å². The Morgan fingerprint density at radius 1 is 1.57 bits per heavy atom. The van der Waals surface area contributed by atoms with Crippen LogP contribution in [0, 0.1) is 5.41 Å². The van der Waals surface area contributed by atoms with Crippen molar-refractivity contribution >= 4 is 12.1 Å². The lowest BCUT2D eigenvalue weighted by Crippen LogP contribution is -2.15. The first-order valence-electron chi connectivity index (χ1n) is 4.29. The summed E-state index contributed by atoms with van der Waals surface area (Å²) >= 11 is 0. The normalized spacial score (nSPS) is 12.1. The highest BCUT2D eigenvalue weighted by molar-refractivity contribution is 5.93. The Morgan fingerprint density at radius 3 is 2.79 bits per heavy atom. The van der Waals surface area contributed by atoms with Crippen molar-refractivity contribution in [3.8, 4) is 0 Å². The summed E-state index contributed by atoms with van der Waals surface area (Å²) in [6.07, 6.45) is 1.26. The summed E-state index contributed by atoms with van der Waals surface area (Å²) in [5.41, 5.74) is 11.9. The molecule has 0 bridgehead atoms. The van der Waals surface area contributed by atoms with Gasteiger partial charge in [-0.3, -0.25) is 4.79 Å².